The normalized spacial score (nSPS) is 18.8. The van der Waals surface area contributed by atoms with Crippen LogP contribution in [0.3, 0.4) is 0 Å². The van der Waals surface area contributed by atoms with Gasteiger partial charge in [0.05, 0.1) is 26.8 Å². The lowest BCUT2D eigenvalue weighted by molar-refractivity contribution is -0.141. The van der Waals surface area contributed by atoms with Gasteiger partial charge in [-0.3, -0.25) is 4.79 Å². The van der Waals surface area contributed by atoms with E-state index in [9.17, 15) is 4.79 Å². The minimum Gasteiger partial charge on any atom is -0.486 e. The van der Waals surface area contributed by atoms with Crippen LogP contribution in [-0.4, -0.2) is 25.2 Å². The zero-order chi connectivity index (χ0) is 28.4. The van der Waals surface area contributed by atoms with Crippen molar-refractivity contribution < 1.29 is 27.8 Å². The van der Waals surface area contributed by atoms with Gasteiger partial charge in [-0.05, 0) is 71.3 Å². The Hall–Kier alpha value is -3.48. The van der Waals surface area contributed by atoms with Crippen molar-refractivity contribution in [2.75, 3.05) is 14.2 Å². The molecule has 0 amide bonds. The van der Waals surface area contributed by atoms with Crippen molar-refractivity contribution in [3.63, 3.8) is 0 Å². The number of aromatic nitrogens is 1. The van der Waals surface area contributed by atoms with Crippen LogP contribution < -0.4 is 9.47 Å². The van der Waals surface area contributed by atoms with E-state index >= 15 is 8.78 Å². The van der Waals surface area contributed by atoms with Crippen LogP contribution in [0.15, 0.2) is 48.7 Å². The maximum atomic E-state index is 15.7. The third-order valence-corrected chi connectivity index (χ3v) is 8.67. The van der Waals surface area contributed by atoms with Gasteiger partial charge in [0.25, 0.3) is 0 Å². The first-order chi connectivity index (χ1) is 19.2. The number of carbonyl (C=O) groups is 1. The molecule has 3 aromatic rings. The molecule has 5 nitrogen and oxygen atoms in total. The molecule has 212 valence electrons. The van der Waals surface area contributed by atoms with E-state index < -0.39 is 11.6 Å². The molecule has 0 spiro atoms. The Balaban J connectivity index is 1.45. The number of methoxy groups -OCH3 is 2. The van der Waals surface area contributed by atoms with Crippen molar-refractivity contribution >= 4 is 5.97 Å². The number of pyridine rings is 1. The van der Waals surface area contributed by atoms with E-state index in [0.717, 1.165) is 48.8 Å². The van der Waals surface area contributed by atoms with Crippen molar-refractivity contribution in [2.24, 2.45) is 11.3 Å². The van der Waals surface area contributed by atoms with Crippen molar-refractivity contribution in [2.45, 2.75) is 70.8 Å². The second-order valence-corrected chi connectivity index (χ2v) is 11.7. The van der Waals surface area contributed by atoms with Crippen LogP contribution >= 0.6 is 0 Å². The first kappa shape index (κ1) is 28.1. The molecule has 1 heterocycles. The molecule has 7 heteroatoms. The van der Waals surface area contributed by atoms with Gasteiger partial charge in [0.15, 0.2) is 11.6 Å². The topological polar surface area (TPSA) is 57.7 Å². The molecule has 2 aliphatic carbocycles. The van der Waals surface area contributed by atoms with Gasteiger partial charge in [-0.25, -0.2) is 13.8 Å². The number of rotatable bonds is 10. The van der Waals surface area contributed by atoms with Crippen LogP contribution in [0.2, 0.25) is 0 Å². The summed E-state index contributed by atoms with van der Waals surface area (Å²) in [6, 6.07) is 12.7. The smallest absolute Gasteiger partial charge is 0.306 e. The zero-order valence-corrected chi connectivity index (χ0v) is 23.6. The van der Waals surface area contributed by atoms with E-state index in [1.165, 1.54) is 20.4 Å². The van der Waals surface area contributed by atoms with E-state index in [4.69, 9.17) is 14.2 Å². The van der Waals surface area contributed by atoms with Gasteiger partial charge in [0, 0.05) is 17.5 Å². The molecule has 2 atom stereocenters. The number of hydrogen-bond donors (Lipinski definition) is 0. The first-order valence-corrected chi connectivity index (χ1v) is 14.0. The Morgan fingerprint density at radius 3 is 2.55 bits per heavy atom. The maximum absolute atomic E-state index is 15.7. The molecule has 0 N–H and O–H groups in total. The van der Waals surface area contributed by atoms with Crippen LogP contribution in [0.25, 0.3) is 11.1 Å². The number of hydrogen-bond acceptors (Lipinski definition) is 5. The number of ether oxygens (including phenoxy) is 3. The maximum Gasteiger partial charge on any atom is 0.306 e. The zero-order valence-electron chi connectivity index (χ0n) is 23.6. The van der Waals surface area contributed by atoms with Crippen molar-refractivity contribution in [1.29, 1.82) is 0 Å². The molecule has 2 aliphatic rings. The SMILES string of the molecule is COC(=O)C[C@H](c1cccc(OCc2ccc(-c3cc(OC)ncc3F)c([C@H]3CCCC3(C)C)c2)c1F)C1CC1. The summed E-state index contributed by atoms with van der Waals surface area (Å²) in [7, 11) is 2.87. The highest BCUT2D eigenvalue weighted by molar-refractivity contribution is 5.71. The van der Waals surface area contributed by atoms with Gasteiger partial charge in [0.2, 0.25) is 5.88 Å². The summed E-state index contributed by atoms with van der Waals surface area (Å²) in [5.74, 6) is -0.370. The predicted octanol–water partition coefficient (Wildman–Crippen LogP) is 7.96. The monoisotopic (exact) mass is 549 g/mol. The minimum atomic E-state index is -0.428. The summed E-state index contributed by atoms with van der Waals surface area (Å²) < 4.78 is 46.8. The van der Waals surface area contributed by atoms with E-state index in [-0.39, 0.29) is 47.9 Å². The lowest BCUT2D eigenvalue weighted by Crippen LogP contribution is -2.17. The molecule has 0 saturated heterocycles. The quantitative estimate of drug-likeness (QED) is 0.240. The van der Waals surface area contributed by atoms with Crippen molar-refractivity contribution in [3.05, 3.63) is 77.0 Å². The van der Waals surface area contributed by atoms with Crippen LogP contribution in [0.5, 0.6) is 11.6 Å². The Labute approximate surface area is 234 Å². The molecular formula is C33H37F2NO4. The van der Waals surface area contributed by atoms with Gasteiger partial charge in [-0.1, -0.05) is 50.6 Å². The first-order valence-electron chi connectivity index (χ1n) is 14.0. The average molecular weight is 550 g/mol. The molecular weight excluding hydrogens is 512 g/mol. The summed E-state index contributed by atoms with van der Waals surface area (Å²) in [5.41, 5.74) is 3.74. The van der Waals surface area contributed by atoms with Crippen LogP contribution in [-0.2, 0) is 16.1 Å². The van der Waals surface area contributed by atoms with E-state index in [2.05, 4.69) is 24.9 Å². The van der Waals surface area contributed by atoms with E-state index in [1.54, 1.807) is 24.3 Å². The molecule has 1 aromatic heterocycles. The molecule has 2 fully saturated rings. The molecule has 2 aromatic carbocycles. The molecule has 2 saturated carbocycles. The van der Waals surface area contributed by atoms with Crippen LogP contribution in [0.1, 0.15) is 80.9 Å². The van der Waals surface area contributed by atoms with Crippen molar-refractivity contribution in [1.82, 2.24) is 4.98 Å². The van der Waals surface area contributed by atoms with Crippen LogP contribution in [0.4, 0.5) is 8.78 Å². The highest BCUT2D eigenvalue weighted by Crippen LogP contribution is 2.51. The van der Waals surface area contributed by atoms with Gasteiger partial charge < -0.3 is 14.2 Å². The fraction of sp³-hybridized carbons (Fsp3) is 0.455. The molecule has 0 radical (unpaired) electrons. The molecule has 40 heavy (non-hydrogen) atoms. The number of esters is 1. The third-order valence-electron chi connectivity index (χ3n) is 8.67. The summed E-state index contributed by atoms with van der Waals surface area (Å²) in [6.07, 6.45) is 6.50. The lowest BCUT2D eigenvalue weighted by Gasteiger charge is -2.30. The largest absolute Gasteiger partial charge is 0.486 e. The average Bonchev–Trinajstić information content (AvgIpc) is 3.73. The fourth-order valence-corrected chi connectivity index (χ4v) is 6.26. The second kappa shape index (κ2) is 11.6. The molecule has 0 unspecified atom stereocenters. The highest BCUT2D eigenvalue weighted by Gasteiger charge is 2.38. The Kier molecular flexibility index (Phi) is 8.11. The molecule has 0 aliphatic heterocycles. The standard InChI is InChI=1S/C33H37F2NO4/c1-33(2)14-6-8-27(33)25-15-20(10-13-22(25)26-16-30(38-3)36-18-28(26)34)19-40-29-9-5-7-23(32(29)35)24(21-11-12-21)17-31(37)39-4/h5,7,9-10,13,15-16,18,21,24,27H,6,8,11-12,14,17,19H2,1-4H3/t24-,27+/m0/s1. The number of carbonyl (C=O) groups excluding carboxylic acids is 1. The number of halogens is 2. The van der Waals surface area contributed by atoms with Gasteiger partial charge in [-0.2, -0.15) is 0 Å². The van der Waals surface area contributed by atoms with Gasteiger partial charge in [0.1, 0.15) is 12.4 Å². The minimum absolute atomic E-state index is 0.0553. The summed E-state index contributed by atoms with van der Waals surface area (Å²) >= 11 is 0. The molecule has 5 rings (SSSR count). The van der Waals surface area contributed by atoms with E-state index in [1.807, 2.05) is 12.1 Å². The second-order valence-electron chi connectivity index (χ2n) is 11.7. The third kappa shape index (κ3) is 5.84. The van der Waals surface area contributed by atoms with E-state index in [0.29, 0.717) is 17.0 Å². The Morgan fingerprint density at radius 2 is 1.88 bits per heavy atom. The highest BCUT2D eigenvalue weighted by atomic mass is 19.1. The Morgan fingerprint density at radius 1 is 1.07 bits per heavy atom. The summed E-state index contributed by atoms with van der Waals surface area (Å²) in [6.45, 7) is 4.67. The summed E-state index contributed by atoms with van der Waals surface area (Å²) in [5, 5.41) is 0. The lowest BCUT2D eigenvalue weighted by atomic mass is 9.75. The van der Waals surface area contributed by atoms with Crippen molar-refractivity contribution in [3.8, 4) is 22.8 Å². The molecule has 0 bridgehead atoms. The number of nitrogens with zero attached hydrogens (tertiary/aromatic N) is 1. The fourth-order valence-electron chi connectivity index (χ4n) is 6.26. The van der Waals surface area contributed by atoms with Crippen LogP contribution in [0, 0.1) is 23.0 Å². The van der Waals surface area contributed by atoms with Gasteiger partial charge in [-0.15, -0.1) is 0 Å². The Bertz CT molecular complexity index is 1380. The predicted molar refractivity (Wildman–Crippen MR) is 149 cm³/mol. The number of benzene rings is 2. The summed E-state index contributed by atoms with van der Waals surface area (Å²) in [4.78, 5) is 16.0. The van der Waals surface area contributed by atoms with Gasteiger partial charge >= 0.3 is 5.97 Å².